The molecule has 5 rings (SSSR count). The molecule has 0 saturated heterocycles. The first-order valence-corrected chi connectivity index (χ1v) is 12.8. The van der Waals surface area contributed by atoms with Crippen molar-refractivity contribution in [3.8, 4) is 17.0 Å². The van der Waals surface area contributed by atoms with E-state index < -0.39 is 10.0 Å². The number of aryl methyl sites for hydroxylation is 2. The summed E-state index contributed by atoms with van der Waals surface area (Å²) in [5.74, 6) is 0.691. The van der Waals surface area contributed by atoms with Gasteiger partial charge in [0.2, 0.25) is 0 Å². The molecule has 7 nitrogen and oxygen atoms in total. The minimum atomic E-state index is -3.92. The molecule has 2 aromatic carbocycles. The minimum Gasteiger partial charge on any atom is -0.488 e. The van der Waals surface area contributed by atoms with Crippen molar-refractivity contribution in [1.29, 1.82) is 0 Å². The number of methoxy groups -OCH3 is 1. The molecule has 0 aliphatic carbocycles. The minimum absolute atomic E-state index is 0.123. The molecule has 0 radical (unpaired) electrons. The van der Waals surface area contributed by atoms with Crippen LogP contribution in [0.4, 0.5) is 0 Å². The lowest BCUT2D eigenvalue weighted by atomic mass is 10.1. The van der Waals surface area contributed by atoms with Gasteiger partial charge in [0, 0.05) is 48.4 Å². The molecule has 0 saturated carbocycles. The van der Waals surface area contributed by atoms with Gasteiger partial charge in [0.25, 0.3) is 10.0 Å². The molecule has 1 unspecified atom stereocenters. The highest BCUT2D eigenvalue weighted by atomic mass is 32.2. The van der Waals surface area contributed by atoms with Crippen LogP contribution in [0.3, 0.4) is 0 Å². The summed E-state index contributed by atoms with van der Waals surface area (Å²) in [4.78, 5) is 4.65. The molecule has 0 aliphatic rings. The van der Waals surface area contributed by atoms with Crippen LogP contribution in [0.25, 0.3) is 33.2 Å². The van der Waals surface area contributed by atoms with Gasteiger partial charge in [-0.15, -0.1) is 0 Å². The first-order valence-electron chi connectivity index (χ1n) is 11.3. The molecular weight excluding hydrogens is 462 g/mol. The van der Waals surface area contributed by atoms with Crippen molar-refractivity contribution in [3.63, 3.8) is 0 Å². The molecule has 8 heteroatoms. The Balaban J connectivity index is 1.75. The molecule has 180 valence electrons. The van der Waals surface area contributed by atoms with E-state index in [0.29, 0.717) is 23.7 Å². The number of hydrogen-bond donors (Lipinski definition) is 0. The lowest BCUT2D eigenvalue weighted by Crippen LogP contribution is -2.17. The van der Waals surface area contributed by atoms with Crippen molar-refractivity contribution >= 4 is 32.0 Å². The zero-order valence-corrected chi connectivity index (χ0v) is 20.9. The number of fused-ring (bicyclic) bond motifs is 2. The Morgan fingerprint density at radius 1 is 1.06 bits per heavy atom. The summed E-state index contributed by atoms with van der Waals surface area (Å²) in [6.45, 7) is 4.34. The maximum absolute atomic E-state index is 13.9. The van der Waals surface area contributed by atoms with Crippen LogP contribution in [0.2, 0.25) is 0 Å². The SMILES string of the molecule is COCC(C)Oc1ccc2c(c1)c(-c1cc3cccnc3n1S(=O)(=O)c1ccc(C)cc1)cn2C. The van der Waals surface area contributed by atoms with E-state index >= 15 is 0 Å². The normalized spacial score (nSPS) is 12.9. The Labute approximate surface area is 204 Å². The van der Waals surface area contributed by atoms with Crippen molar-refractivity contribution in [2.75, 3.05) is 13.7 Å². The van der Waals surface area contributed by atoms with Crippen molar-refractivity contribution in [3.05, 3.63) is 78.6 Å². The topological polar surface area (TPSA) is 75.3 Å². The standard InChI is InChI=1S/C27H27N3O4S/c1-18-7-10-22(11-8-18)35(31,32)30-26(14-20-6-5-13-28-27(20)30)24-16-29(3)25-12-9-21(15-23(24)25)34-19(2)17-33-4/h5-16,19H,17H2,1-4H3. The largest absolute Gasteiger partial charge is 0.488 e. The molecular formula is C27H27N3O4S. The van der Waals surface area contributed by atoms with E-state index in [4.69, 9.17) is 9.47 Å². The van der Waals surface area contributed by atoms with Gasteiger partial charge in [-0.2, -0.15) is 0 Å². The Bertz CT molecular complexity index is 1630. The maximum Gasteiger partial charge on any atom is 0.269 e. The van der Waals surface area contributed by atoms with Gasteiger partial charge < -0.3 is 14.0 Å². The zero-order valence-electron chi connectivity index (χ0n) is 20.1. The van der Waals surface area contributed by atoms with E-state index in [1.54, 1.807) is 43.6 Å². The summed E-state index contributed by atoms with van der Waals surface area (Å²) in [6, 6.07) is 18.3. The quantitative estimate of drug-likeness (QED) is 0.316. The van der Waals surface area contributed by atoms with E-state index in [-0.39, 0.29) is 11.0 Å². The lowest BCUT2D eigenvalue weighted by Gasteiger charge is -2.14. The number of pyridine rings is 1. The third kappa shape index (κ3) is 4.09. The van der Waals surface area contributed by atoms with Crippen molar-refractivity contribution in [1.82, 2.24) is 13.5 Å². The summed E-state index contributed by atoms with van der Waals surface area (Å²) in [5.41, 5.74) is 3.67. The maximum atomic E-state index is 13.9. The highest BCUT2D eigenvalue weighted by Gasteiger charge is 2.26. The number of ether oxygens (including phenoxy) is 2. The van der Waals surface area contributed by atoms with Gasteiger partial charge >= 0.3 is 0 Å². The van der Waals surface area contributed by atoms with Crippen LogP contribution in [-0.2, 0) is 21.8 Å². The summed E-state index contributed by atoms with van der Waals surface area (Å²) >= 11 is 0. The Morgan fingerprint density at radius 3 is 2.57 bits per heavy atom. The van der Waals surface area contributed by atoms with Crippen LogP contribution in [0.1, 0.15) is 12.5 Å². The molecule has 0 aliphatic heterocycles. The Kier molecular flexibility index (Phi) is 5.86. The van der Waals surface area contributed by atoms with E-state index in [0.717, 1.165) is 27.4 Å². The second-order valence-corrected chi connectivity index (χ2v) is 10.5. The van der Waals surface area contributed by atoms with Gasteiger partial charge in [0.1, 0.15) is 11.9 Å². The van der Waals surface area contributed by atoms with Gasteiger partial charge in [0.05, 0.1) is 17.2 Å². The molecule has 0 bridgehead atoms. The van der Waals surface area contributed by atoms with Crippen LogP contribution < -0.4 is 4.74 Å². The number of benzene rings is 2. The summed E-state index contributed by atoms with van der Waals surface area (Å²) < 4.78 is 42.4. The smallest absolute Gasteiger partial charge is 0.269 e. The second-order valence-electron chi connectivity index (χ2n) is 8.74. The van der Waals surface area contributed by atoms with Crippen molar-refractivity contribution < 1.29 is 17.9 Å². The van der Waals surface area contributed by atoms with E-state index in [2.05, 4.69) is 4.98 Å². The number of rotatable bonds is 7. The Morgan fingerprint density at radius 2 is 1.83 bits per heavy atom. The fraction of sp³-hybridized carbons (Fsp3) is 0.222. The van der Waals surface area contributed by atoms with E-state index in [1.165, 1.54) is 3.97 Å². The zero-order chi connectivity index (χ0) is 24.7. The summed E-state index contributed by atoms with van der Waals surface area (Å²) in [7, 11) is -0.334. The highest BCUT2D eigenvalue weighted by molar-refractivity contribution is 7.90. The van der Waals surface area contributed by atoms with E-state index in [1.807, 2.05) is 62.0 Å². The molecule has 3 heterocycles. The second kappa shape index (κ2) is 8.87. The molecule has 3 aromatic heterocycles. The van der Waals surface area contributed by atoms with Crippen LogP contribution in [0, 0.1) is 6.92 Å². The molecule has 5 aromatic rings. The van der Waals surface area contributed by atoms with E-state index in [9.17, 15) is 8.42 Å². The highest BCUT2D eigenvalue weighted by Crippen LogP contribution is 2.37. The van der Waals surface area contributed by atoms with Gasteiger partial charge in [0.15, 0.2) is 5.65 Å². The van der Waals surface area contributed by atoms with Crippen LogP contribution >= 0.6 is 0 Å². The molecule has 0 N–H and O–H groups in total. The summed E-state index contributed by atoms with van der Waals surface area (Å²) in [6.07, 6.45) is 3.43. The van der Waals surface area contributed by atoms with Crippen LogP contribution in [0.5, 0.6) is 5.75 Å². The third-order valence-corrected chi connectivity index (χ3v) is 7.77. The van der Waals surface area contributed by atoms with Gasteiger partial charge in [-0.1, -0.05) is 17.7 Å². The predicted octanol–water partition coefficient (Wildman–Crippen LogP) is 5.15. The predicted molar refractivity (Wildman–Crippen MR) is 137 cm³/mol. The Hall–Kier alpha value is -3.62. The van der Waals surface area contributed by atoms with Gasteiger partial charge in [-0.05, 0) is 62.4 Å². The number of nitrogens with zero attached hydrogens (tertiary/aromatic N) is 3. The first-order chi connectivity index (χ1) is 16.8. The van der Waals surface area contributed by atoms with Gasteiger partial charge in [-0.3, -0.25) is 0 Å². The van der Waals surface area contributed by atoms with Crippen LogP contribution in [-0.4, -0.2) is 41.8 Å². The fourth-order valence-electron chi connectivity index (χ4n) is 4.41. The van der Waals surface area contributed by atoms with Crippen molar-refractivity contribution in [2.24, 2.45) is 7.05 Å². The van der Waals surface area contributed by atoms with Gasteiger partial charge in [-0.25, -0.2) is 17.4 Å². The third-order valence-electron chi connectivity index (χ3n) is 6.05. The monoisotopic (exact) mass is 489 g/mol. The molecule has 0 fully saturated rings. The molecule has 0 spiro atoms. The molecule has 35 heavy (non-hydrogen) atoms. The average molecular weight is 490 g/mol. The average Bonchev–Trinajstić information content (AvgIpc) is 3.37. The summed E-state index contributed by atoms with van der Waals surface area (Å²) in [5, 5.41) is 1.63. The molecule has 0 amide bonds. The molecule has 1 atom stereocenters. The fourth-order valence-corrected chi connectivity index (χ4v) is 5.89. The first kappa shape index (κ1) is 23.1. The van der Waals surface area contributed by atoms with Crippen LogP contribution in [0.15, 0.2) is 78.0 Å². The number of hydrogen-bond acceptors (Lipinski definition) is 5. The lowest BCUT2D eigenvalue weighted by molar-refractivity contribution is 0.0922. The number of aromatic nitrogens is 3. The van der Waals surface area contributed by atoms with Crippen molar-refractivity contribution in [2.45, 2.75) is 24.8 Å².